The van der Waals surface area contributed by atoms with Crippen molar-refractivity contribution in [1.29, 1.82) is 0 Å². The molecule has 0 aliphatic rings. The first kappa shape index (κ1) is 0. The highest BCUT2D eigenvalue weighted by Crippen LogP contribution is 0.163. The normalized spacial score (nSPS) is 0. The van der Waals surface area contributed by atoms with Crippen LogP contribution in [0, 0.1) is 0 Å². The van der Waals surface area contributed by atoms with Crippen LogP contribution >= 0.6 is 0 Å². The molecular weight excluding hydrogens is 240 g/mol. The van der Waals surface area contributed by atoms with E-state index >= 15 is 0 Å². The lowest BCUT2D eigenvalue weighted by Gasteiger charge is -0.0786. The van der Waals surface area contributed by atoms with E-state index in [0.29, 0.717) is 0 Å². The molecule has 0 unspecified atom stereocenters. The van der Waals surface area contributed by atoms with E-state index in [0.717, 1.165) is 0 Å². The second-order valence-electron chi connectivity index (χ2n) is 0. The minimum atomic E-state index is 0. The van der Waals surface area contributed by atoms with Gasteiger partial charge < -0.3 is 0 Å². The molecule has 0 fully saturated rings. The van der Waals surface area contributed by atoms with Crippen LogP contribution in [0.4, 0.5) is 0 Å². The van der Waals surface area contributed by atoms with E-state index in [2.05, 4.69) is 0 Å². The van der Waals surface area contributed by atoms with Gasteiger partial charge in [-0.15, -0.1) is 0 Å². The van der Waals surface area contributed by atoms with Gasteiger partial charge in [0.25, 0.3) is 0 Å². The Labute approximate surface area is 193 Å². The highest BCUT2D eigenvalue weighted by Gasteiger charge is -0.0586. The van der Waals surface area contributed by atoms with Crippen LogP contribution in [-0.4, -0.2) is 0 Å². The molecule has 0 N–H and O–H groups in total. The molecule has 0 amide bonds. The molecule has 0 aromatic heterocycles. The monoisotopic (exact) mass is 441 g/mol. The minimum absolute atomic E-state index is 0. The fourth-order valence-electron chi connectivity index (χ4n) is 0. The summed E-state index contributed by atoms with van der Waals surface area (Å²) >= 11 is 0. The zero-order valence-corrected chi connectivity index (χ0v) is 0. The van der Waals surface area contributed by atoms with Gasteiger partial charge in [-0.3, -0.25) is 0 Å². The average molecular weight is 442 g/mol. The Morgan fingerprint density at radius 3 is 0.100 bits per heavy atom. The van der Waals surface area contributed by atoms with Gasteiger partial charge in [0, 0.05) is 42.8 Å². The zero-order valence-electron chi connectivity index (χ0n) is 0. The molecule has 0 rings (SSSR count). The molecule has 0 aromatic rings. The van der Waals surface area contributed by atoms with Crippen LogP contribution in [0.5, 0.6) is 0 Å². The summed E-state index contributed by atoms with van der Waals surface area (Å²) in [4.78, 5) is 0. The van der Waals surface area contributed by atoms with Gasteiger partial charge in [0.15, 0.2) is 0 Å². The van der Waals surface area contributed by atoms with Crippen LogP contribution in [0.25, 0.3) is 0 Å². The van der Waals surface area contributed by atoms with Crippen LogP contribution < -0.4 is 0 Å². The quantitative estimate of drug-likeness (QED) is 0.350. The summed E-state index contributed by atoms with van der Waals surface area (Å²) < 4.78 is 0. The van der Waals surface area contributed by atoms with Gasteiger partial charge in [-0.2, -0.15) is 0 Å². The first-order valence-electron chi connectivity index (χ1n) is 0. The lowest BCUT2D eigenvalue weighted by Crippen LogP contribution is 0.143. The lowest BCUT2D eigenvalue weighted by molar-refractivity contribution is 2.50. The van der Waals surface area contributed by atoms with Crippen molar-refractivity contribution in [3.05, 3.63) is 0 Å². The van der Waals surface area contributed by atoms with Crippen molar-refractivity contribution in [3.8, 4) is 0 Å². The molecular formula is C20H140. The standard InChI is InChI=1S/20CH4.30H2/h20*1H4;30*1H/i;;;;;;;;;;;;;;;;;;;;30*1+2. The highest BCUT2D eigenvalue weighted by molar-refractivity contribution is 2.52. The van der Waals surface area contributed by atoms with Gasteiger partial charge in [-0.25, -0.2) is 0 Å². The van der Waals surface area contributed by atoms with Crippen molar-refractivity contribution in [2.75, 3.05) is 0 Å². The molecule has 0 radical (unpaired) electrons. The van der Waals surface area contributed by atoms with Gasteiger partial charge in [0.1, 0.15) is 0 Å². The minimum Gasteiger partial charge on any atom is -0.0776 e. The maximum Gasteiger partial charge on any atom is 0 e. The largest absolute Gasteiger partial charge is 0.0776 e. The molecule has 0 heterocycles. The molecule has 0 aliphatic heterocycles. The Hall–Kier alpha value is 0. The van der Waals surface area contributed by atoms with Crippen molar-refractivity contribution >= 4 is 0 Å². The first-order chi connectivity index (χ1) is 0. The Morgan fingerprint density at radius 1 is 0.100 bits per heavy atom. The molecule has 0 spiro atoms. The Morgan fingerprint density at radius 2 is 0.100 bits per heavy atom. The molecule has 20 heavy (non-hydrogen) atoms. The van der Waals surface area contributed by atoms with Gasteiger partial charge in [-0.1, -0.05) is 149 Å². The third-order valence-electron chi connectivity index (χ3n) is 0. The second kappa shape index (κ2) is 0. The zero-order chi connectivity index (χ0) is 0. The van der Waals surface area contributed by atoms with Crippen LogP contribution in [0.3, 0.4) is 0 Å². The summed E-state index contributed by atoms with van der Waals surface area (Å²) in [7, 11) is 0. The van der Waals surface area contributed by atoms with Crippen molar-refractivity contribution in [3.63, 3.8) is 0 Å². The van der Waals surface area contributed by atoms with E-state index in [9.17, 15) is 0 Å². The van der Waals surface area contributed by atoms with Crippen molar-refractivity contribution in [2.24, 2.45) is 0 Å². The number of hydrogen-bond donors (Lipinski definition) is 0. The fourth-order valence-corrected chi connectivity index (χ4v) is 0. The third-order valence-corrected chi connectivity index (χ3v) is 0. The SMILES string of the molecule is C.C.C.C.C.C.C.C.C.C.C.C.C.C.C.C.C.C.C.C.[3HH].[3HH].[3HH].[3HH].[3HH].[3HH].[3HH].[3HH].[3HH].[3HH].[3HH].[3HH].[3HH].[3HH].[3HH].[3HH].[3HH].[3HH].[3HH].[3HH].[3HH].[3HH].[3HH].[3HH].[3HH].[3HH].[3HH].[3HH].[3HH].[3HH]. The molecule has 0 saturated carbocycles. The molecule has 0 bridgehead atoms. The third kappa shape index (κ3) is 0. The van der Waals surface area contributed by atoms with E-state index < -0.39 is 0 Å². The molecule has 220 valence electrons. The summed E-state index contributed by atoms with van der Waals surface area (Å²) in [5.74, 6) is 0. The van der Waals surface area contributed by atoms with E-state index in [-0.39, 0.29) is 191 Å². The lowest BCUT2D eigenvalue weighted by atomic mass is 12.0. The fraction of sp³-hybridized carbons (Fsp3) is 1.00. The summed E-state index contributed by atoms with van der Waals surface area (Å²) in [6, 6.07) is 0. The topological polar surface area (TPSA) is 0 Å². The molecule has 0 heteroatoms. The van der Waals surface area contributed by atoms with Crippen molar-refractivity contribution in [1.82, 2.24) is 0 Å². The van der Waals surface area contributed by atoms with Gasteiger partial charge in [0.05, 0.1) is 0 Å². The van der Waals surface area contributed by atoms with E-state index in [1.807, 2.05) is 0 Å². The maximum atomic E-state index is 0. The predicted molar refractivity (Wildman–Crippen MR) is 198 cm³/mol. The van der Waals surface area contributed by atoms with Crippen LogP contribution in [0.15, 0.2) is 0 Å². The summed E-state index contributed by atoms with van der Waals surface area (Å²) in [5, 5.41) is 0. The molecule has 0 atom stereocenters. The average Bonchev–Trinajstić information content (AvgIpc) is 0. The second-order valence-corrected chi connectivity index (χ2v) is 0. The van der Waals surface area contributed by atoms with E-state index in [1.54, 1.807) is 0 Å². The van der Waals surface area contributed by atoms with Crippen LogP contribution in [0.2, 0.25) is 0 Å². The molecule has 0 nitrogen and oxygen atoms in total. The van der Waals surface area contributed by atoms with Gasteiger partial charge in [-0.05, 0) is 0 Å². The van der Waals surface area contributed by atoms with E-state index in [1.165, 1.54) is 0 Å². The summed E-state index contributed by atoms with van der Waals surface area (Å²) in [6.45, 7) is 0. The smallest absolute Gasteiger partial charge is 0 e. The predicted octanol–water partition coefficient (Wildman–Crippen LogP) is 20.1. The van der Waals surface area contributed by atoms with E-state index in [4.69, 9.17) is 0 Å². The molecule has 0 aliphatic carbocycles. The molecule has 0 saturated heterocycles. The highest BCUT2D eigenvalue weighted by atomic mass is 12.0. The molecule has 0 aromatic carbocycles. The Kier molecular flexibility index (Phi) is 0. The summed E-state index contributed by atoms with van der Waals surface area (Å²) in [5.41, 5.74) is 0. The van der Waals surface area contributed by atoms with Gasteiger partial charge in [0.2, 0.25) is 0 Å². The van der Waals surface area contributed by atoms with Gasteiger partial charge >= 0.3 is 0 Å². The summed E-state index contributed by atoms with van der Waals surface area (Å²) in [6.07, 6.45) is 0. The Bertz CT molecular complexity index is 48.5. The van der Waals surface area contributed by atoms with Crippen LogP contribution in [-0.2, 0) is 0 Å². The maximum absolute atomic E-state index is 0. The Balaban J connectivity index is 0. The number of hydrogen-bond acceptors (Lipinski definition) is 0. The van der Waals surface area contributed by atoms with Crippen molar-refractivity contribution < 1.29 is 42.8 Å². The van der Waals surface area contributed by atoms with Crippen molar-refractivity contribution in [2.45, 2.75) is 149 Å². The first-order valence-corrected chi connectivity index (χ1v) is 0. The number of rotatable bonds is 0. The van der Waals surface area contributed by atoms with Crippen LogP contribution in [0.1, 0.15) is 191 Å².